The number of carboxylic acids is 1. The number of rotatable bonds is 4. The Morgan fingerprint density at radius 1 is 1.40 bits per heavy atom. The van der Waals surface area contributed by atoms with Gasteiger partial charge < -0.3 is 15.7 Å². The molecule has 20 heavy (non-hydrogen) atoms. The van der Waals surface area contributed by atoms with Crippen molar-refractivity contribution in [1.29, 1.82) is 0 Å². The van der Waals surface area contributed by atoms with E-state index in [0.29, 0.717) is 13.1 Å². The number of nitrogens with zero attached hydrogens (tertiary/aromatic N) is 1. The van der Waals surface area contributed by atoms with Crippen LogP contribution in [0.15, 0.2) is 24.3 Å². The predicted octanol–water partition coefficient (Wildman–Crippen LogP) is 1.32. The maximum atomic E-state index is 12.3. The van der Waals surface area contributed by atoms with Gasteiger partial charge in [-0.25, -0.2) is 0 Å². The number of carboxylic acid groups (broad SMARTS) is 1. The van der Waals surface area contributed by atoms with Crippen LogP contribution in [-0.4, -0.2) is 35.0 Å². The number of aliphatic carboxylic acids is 1. The number of hydrogen-bond acceptors (Lipinski definition) is 3. The Hall–Kier alpha value is -1.88. The number of nitrogens with two attached hydrogens (primary N) is 1. The van der Waals surface area contributed by atoms with E-state index >= 15 is 0 Å². The van der Waals surface area contributed by atoms with Crippen molar-refractivity contribution in [3.63, 3.8) is 0 Å². The number of carbonyl (C=O) groups is 2. The molecule has 1 fully saturated rings. The zero-order valence-corrected chi connectivity index (χ0v) is 11.6. The third-order valence-electron chi connectivity index (χ3n) is 3.76. The third-order valence-corrected chi connectivity index (χ3v) is 3.76. The molecule has 2 atom stereocenters. The number of aryl methyl sites for hydroxylation is 1. The summed E-state index contributed by atoms with van der Waals surface area (Å²) in [7, 11) is 0. The zero-order valence-electron chi connectivity index (χ0n) is 11.6. The molecule has 5 heteroatoms. The lowest BCUT2D eigenvalue weighted by Gasteiger charge is -2.21. The maximum Gasteiger partial charge on any atom is 0.303 e. The van der Waals surface area contributed by atoms with Gasteiger partial charge >= 0.3 is 5.97 Å². The van der Waals surface area contributed by atoms with E-state index < -0.39 is 12.0 Å². The van der Waals surface area contributed by atoms with Crippen LogP contribution >= 0.6 is 0 Å². The van der Waals surface area contributed by atoms with Gasteiger partial charge in [0.15, 0.2) is 0 Å². The molecule has 0 bridgehead atoms. The quantitative estimate of drug-likeness (QED) is 0.868. The highest BCUT2D eigenvalue weighted by Crippen LogP contribution is 2.23. The number of benzene rings is 1. The third kappa shape index (κ3) is 3.36. The molecular weight excluding hydrogens is 256 g/mol. The molecule has 0 spiro atoms. The van der Waals surface area contributed by atoms with E-state index in [4.69, 9.17) is 10.8 Å². The topological polar surface area (TPSA) is 83.6 Å². The SMILES string of the molecule is Cc1ccc(C(N)C(=O)N2CCC(CC(=O)O)C2)cc1. The van der Waals surface area contributed by atoms with Crippen LogP contribution in [0.4, 0.5) is 0 Å². The van der Waals surface area contributed by atoms with Gasteiger partial charge in [-0.15, -0.1) is 0 Å². The Bertz CT molecular complexity index is 498. The fourth-order valence-corrected chi connectivity index (χ4v) is 2.56. The number of hydrogen-bond donors (Lipinski definition) is 2. The minimum Gasteiger partial charge on any atom is -0.481 e. The van der Waals surface area contributed by atoms with Crippen LogP contribution in [0.3, 0.4) is 0 Å². The summed E-state index contributed by atoms with van der Waals surface area (Å²) >= 11 is 0. The summed E-state index contributed by atoms with van der Waals surface area (Å²) in [6, 6.07) is 6.92. The normalized spacial score (nSPS) is 19.9. The second kappa shape index (κ2) is 6.05. The average Bonchev–Trinajstić information content (AvgIpc) is 2.85. The molecule has 3 N–H and O–H groups in total. The first-order valence-corrected chi connectivity index (χ1v) is 6.80. The van der Waals surface area contributed by atoms with Gasteiger partial charge in [0.2, 0.25) is 5.91 Å². The highest BCUT2D eigenvalue weighted by molar-refractivity contribution is 5.83. The summed E-state index contributed by atoms with van der Waals surface area (Å²) in [5.74, 6) is -0.893. The van der Waals surface area contributed by atoms with Crippen molar-refractivity contribution in [1.82, 2.24) is 4.90 Å². The number of likely N-dealkylation sites (tertiary alicyclic amines) is 1. The largest absolute Gasteiger partial charge is 0.481 e. The number of carbonyl (C=O) groups excluding carboxylic acids is 1. The Labute approximate surface area is 118 Å². The van der Waals surface area contributed by atoms with E-state index in [9.17, 15) is 9.59 Å². The summed E-state index contributed by atoms with van der Waals surface area (Å²) in [5.41, 5.74) is 7.92. The molecule has 0 aromatic heterocycles. The van der Waals surface area contributed by atoms with Crippen LogP contribution in [0, 0.1) is 12.8 Å². The molecule has 1 aliphatic heterocycles. The molecule has 2 rings (SSSR count). The summed E-state index contributed by atoms with van der Waals surface area (Å²) in [6.45, 7) is 3.06. The lowest BCUT2D eigenvalue weighted by atomic mass is 10.0. The monoisotopic (exact) mass is 276 g/mol. The molecule has 1 aromatic carbocycles. The molecule has 1 heterocycles. The van der Waals surface area contributed by atoms with Gasteiger partial charge in [0.1, 0.15) is 6.04 Å². The predicted molar refractivity (Wildman–Crippen MR) is 75.0 cm³/mol. The van der Waals surface area contributed by atoms with Gasteiger partial charge in [-0.2, -0.15) is 0 Å². The van der Waals surface area contributed by atoms with Crippen molar-refractivity contribution in [3.05, 3.63) is 35.4 Å². The fraction of sp³-hybridized carbons (Fsp3) is 0.467. The molecule has 1 amide bonds. The molecule has 2 unspecified atom stereocenters. The van der Waals surface area contributed by atoms with Crippen molar-refractivity contribution in [3.8, 4) is 0 Å². The highest BCUT2D eigenvalue weighted by atomic mass is 16.4. The smallest absolute Gasteiger partial charge is 0.303 e. The summed E-state index contributed by atoms with van der Waals surface area (Å²) < 4.78 is 0. The Morgan fingerprint density at radius 3 is 2.65 bits per heavy atom. The Balaban J connectivity index is 1.98. The first-order chi connectivity index (χ1) is 9.47. The highest BCUT2D eigenvalue weighted by Gasteiger charge is 2.30. The van der Waals surface area contributed by atoms with Crippen LogP contribution in [-0.2, 0) is 9.59 Å². The van der Waals surface area contributed by atoms with Gasteiger partial charge in [0.25, 0.3) is 0 Å². The first-order valence-electron chi connectivity index (χ1n) is 6.80. The van der Waals surface area contributed by atoms with E-state index in [1.165, 1.54) is 0 Å². The Morgan fingerprint density at radius 2 is 2.05 bits per heavy atom. The minimum absolute atomic E-state index is 0.0432. The second-order valence-corrected chi connectivity index (χ2v) is 5.43. The van der Waals surface area contributed by atoms with Crippen molar-refractivity contribution in [2.45, 2.75) is 25.8 Å². The van der Waals surface area contributed by atoms with Crippen LogP contribution in [0.25, 0.3) is 0 Å². The van der Waals surface area contributed by atoms with Crippen molar-refractivity contribution in [2.75, 3.05) is 13.1 Å². The van der Waals surface area contributed by atoms with Crippen LogP contribution in [0.2, 0.25) is 0 Å². The van der Waals surface area contributed by atoms with E-state index in [0.717, 1.165) is 17.5 Å². The van der Waals surface area contributed by atoms with Gasteiger partial charge in [-0.1, -0.05) is 29.8 Å². The summed E-state index contributed by atoms with van der Waals surface area (Å²) in [6.07, 6.45) is 0.849. The zero-order chi connectivity index (χ0) is 14.7. The molecule has 5 nitrogen and oxygen atoms in total. The van der Waals surface area contributed by atoms with Gasteiger partial charge in [-0.05, 0) is 24.8 Å². The molecular formula is C15H20N2O3. The number of amides is 1. The summed E-state index contributed by atoms with van der Waals surface area (Å²) in [5, 5.41) is 8.78. The van der Waals surface area contributed by atoms with Gasteiger partial charge in [0, 0.05) is 19.5 Å². The fourth-order valence-electron chi connectivity index (χ4n) is 2.56. The van der Waals surface area contributed by atoms with Crippen molar-refractivity contribution < 1.29 is 14.7 Å². The molecule has 108 valence electrons. The van der Waals surface area contributed by atoms with Gasteiger partial charge in [-0.3, -0.25) is 9.59 Å². The molecule has 1 aliphatic rings. The van der Waals surface area contributed by atoms with Crippen molar-refractivity contribution >= 4 is 11.9 Å². The lowest BCUT2D eigenvalue weighted by Crippen LogP contribution is -2.37. The van der Waals surface area contributed by atoms with E-state index in [1.807, 2.05) is 31.2 Å². The van der Waals surface area contributed by atoms with Crippen molar-refractivity contribution in [2.24, 2.45) is 11.7 Å². The molecule has 1 saturated heterocycles. The van der Waals surface area contributed by atoms with E-state index in [1.54, 1.807) is 4.90 Å². The second-order valence-electron chi connectivity index (χ2n) is 5.43. The van der Waals surface area contributed by atoms with E-state index in [-0.39, 0.29) is 18.2 Å². The average molecular weight is 276 g/mol. The maximum absolute atomic E-state index is 12.3. The molecule has 0 aliphatic carbocycles. The Kier molecular flexibility index (Phi) is 4.39. The summed E-state index contributed by atoms with van der Waals surface area (Å²) in [4.78, 5) is 24.7. The van der Waals surface area contributed by atoms with Crippen LogP contribution in [0.1, 0.15) is 30.0 Å². The van der Waals surface area contributed by atoms with E-state index in [2.05, 4.69) is 0 Å². The first kappa shape index (κ1) is 14.5. The molecule has 0 radical (unpaired) electrons. The van der Waals surface area contributed by atoms with Crippen LogP contribution < -0.4 is 5.73 Å². The molecule has 1 aromatic rings. The standard InChI is InChI=1S/C15H20N2O3/c1-10-2-4-12(5-3-10)14(16)15(20)17-7-6-11(9-17)8-13(18)19/h2-5,11,14H,6-9,16H2,1H3,(H,18,19). The van der Waals surface area contributed by atoms with Gasteiger partial charge in [0.05, 0.1) is 0 Å². The minimum atomic E-state index is -0.813. The van der Waals surface area contributed by atoms with Crippen LogP contribution in [0.5, 0.6) is 0 Å². The molecule has 0 saturated carbocycles. The lowest BCUT2D eigenvalue weighted by molar-refractivity contribution is -0.138.